The summed E-state index contributed by atoms with van der Waals surface area (Å²) in [5, 5.41) is 3.40. The quantitative estimate of drug-likeness (QED) is 0.812. The van der Waals surface area contributed by atoms with E-state index in [-0.39, 0.29) is 5.60 Å². The van der Waals surface area contributed by atoms with Gasteiger partial charge in [0.15, 0.2) is 0 Å². The van der Waals surface area contributed by atoms with Crippen LogP contribution in [0.25, 0.3) is 0 Å². The second-order valence-electron chi connectivity index (χ2n) is 6.56. The third-order valence-electron chi connectivity index (χ3n) is 4.28. The van der Waals surface area contributed by atoms with Crippen molar-refractivity contribution in [1.82, 2.24) is 10.2 Å². The van der Waals surface area contributed by atoms with Gasteiger partial charge in [-0.05, 0) is 39.2 Å². The Morgan fingerprint density at radius 2 is 1.94 bits per heavy atom. The Bertz CT molecular complexity index is 247. The molecule has 1 N–H and O–H groups in total. The molecule has 3 heteroatoms. The van der Waals surface area contributed by atoms with Gasteiger partial charge < -0.3 is 10.1 Å². The molecule has 0 bridgehead atoms. The molecule has 1 heterocycles. The lowest BCUT2D eigenvalue weighted by molar-refractivity contribution is -0.0939. The first-order valence-corrected chi connectivity index (χ1v) is 7.06. The minimum absolute atomic E-state index is 0.0394. The molecule has 2 aliphatic rings. The lowest BCUT2D eigenvalue weighted by atomic mass is 9.85. The van der Waals surface area contributed by atoms with Gasteiger partial charge in [-0.3, -0.25) is 4.90 Å². The summed E-state index contributed by atoms with van der Waals surface area (Å²) in [5.41, 5.74) is 0.569. The number of nitrogens with one attached hydrogen (secondary N) is 1. The van der Waals surface area contributed by atoms with Gasteiger partial charge in [0.1, 0.15) is 0 Å². The minimum Gasteiger partial charge on any atom is -0.373 e. The zero-order chi connectivity index (χ0) is 12.4. The van der Waals surface area contributed by atoms with Crippen LogP contribution >= 0.6 is 0 Å². The number of nitrogens with zero attached hydrogens (tertiary/aromatic N) is 1. The summed E-state index contributed by atoms with van der Waals surface area (Å²) in [7, 11) is 2.09. The van der Waals surface area contributed by atoms with Crippen LogP contribution in [-0.2, 0) is 4.74 Å². The summed E-state index contributed by atoms with van der Waals surface area (Å²) in [5.74, 6) is 0. The van der Waals surface area contributed by atoms with Crippen molar-refractivity contribution in [2.75, 3.05) is 39.8 Å². The zero-order valence-electron chi connectivity index (χ0n) is 11.7. The fraction of sp³-hybridized carbons (Fsp3) is 1.00. The Balaban J connectivity index is 1.93. The van der Waals surface area contributed by atoms with Gasteiger partial charge in [-0.1, -0.05) is 12.8 Å². The highest BCUT2D eigenvalue weighted by atomic mass is 16.5. The maximum Gasteiger partial charge on any atom is 0.0753 e. The van der Waals surface area contributed by atoms with Gasteiger partial charge in [-0.15, -0.1) is 0 Å². The molecule has 0 spiro atoms. The van der Waals surface area contributed by atoms with Crippen molar-refractivity contribution < 1.29 is 4.74 Å². The van der Waals surface area contributed by atoms with E-state index in [0.717, 1.165) is 19.7 Å². The van der Waals surface area contributed by atoms with Crippen LogP contribution in [0.1, 0.15) is 39.5 Å². The van der Waals surface area contributed by atoms with E-state index in [9.17, 15) is 0 Å². The Morgan fingerprint density at radius 3 is 2.53 bits per heavy atom. The van der Waals surface area contributed by atoms with Crippen LogP contribution < -0.4 is 5.32 Å². The van der Waals surface area contributed by atoms with E-state index in [1.54, 1.807) is 0 Å². The lowest BCUT2D eigenvalue weighted by Gasteiger charge is -2.42. The van der Waals surface area contributed by atoms with Gasteiger partial charge in [0.05, 0.1) is 12.2 Å². The molecule has 3 nitrogen and oxygen atoms in total. The van der Waals surface area contributed by atoms with Crippen LogP contribution in [0.5, 0.6) is 0 Å². The fourth-order valence-electron chi connectivity index (χ4n) is 3.61. The number of morpholine rings is 1. The van der Waals surface area contributed by atoms with E-state index in [2.05, 4.69) is 31.1 Å². The van der Waals surface area contributed by atoms with Crippen molar-refractivity contribution >= 4 is 0 Å². The molecule has 0 aromatic carbocycles. The van der Waals surface area contributed by atoms with Gasteiger partial charge in [0.25, 0.3) is 0 Å². The molecule has 0 aromatic heterocycles. The number of hydrogen-bond acceptors (Lipinski definition) is 3. The van der Waals surface area contributed by atoms with E-state index in [1.165, 1.54) is 38.8 Å². The molecule has 0 radical (unpaired) electrons. The lowest BCUT2D eigenvalue weighted by Crippen LogP contribution is -2.52. The van der Waals surface area contributed by atoms with Crippen molar-refractivity contribution in [1.29, 1.82) is 0 Å². The van der Waals surface area contributed by atoms with Crippen molar-refractivity contribution in [3.63, 3.8) is 0 Å². The largest absolute Gasteiger partial charge is 0.373 e. The van der Waals surface area contributed by atoms with E-state index in [4.69, 9.17) is 4.74 Å². The molecular formula is C14H28N2O. The van der Waals surface area contributed by atoms with E-state index in [1.807, 2.05) is 0 Å². The Labute approximate surface area is 106 Å². The monoisotopic (exact) mass is 240 g/mol. The molecule has 1 saturated heterocycles. The second-order valence-corrected chi connectivity index (χ2v) is 6.56. The Morgan fingerprint density at radius 1 is 1.24 bits per heavy atom. The van der Waals surface area contributed by atoms with Gasteiger partial charge >= 0.3 is 0 Å². The maximum absolute atomic E-state index is 5.80. The first-order valence-electron chi connectivity index (χ1n) is 7.06. The highest BCUT2D eigenvalue weighted by Crippen LogP contribution is 2.38. The van der Waals surface area contributed by atoms with Gasteiger partial charge in [-0.25, -0.2) is 0 Å². The average molecular weight is 240 g/mol. The number of hydrogen-bond donors (Lipinski definition) is 1. The standard InChI is InChI=1S/C14H28N2O/c1-13(2)11-16(8-9-17-13)12-14(10-15-3)6-4-5-7-14/h15H,4-12H2,1-3H3. The zero-order valence-corrected chi connectivity index (χ0v) is 11.7. The number of rotatable bonds is 4. The minimum atomic E-state index is 0.0394. The van der Waals surface area contributed by atoms with Crippen molar-refractivity contribution in [2.24, 2.45) is 5.41 Å². The summed E-state index contributed by atoms with van der Waals surface area (Å²) >= 11 is 0. The van der Waals surface area contributed by atoms with Crippen LogP contribution in [-0.4, -0.2) is 50.3 Å². The van der Waals surface area contributed by atoms with Gasteiger partial charge in [0.2, 0.25) is 0 Å². The Kier molecular flexibility index (Phi) is 4.11. The van der Waals surface area contributed by atoms with Crippen LogP contribution in [0, 0.1) is 5.41 Å². The van der Waals surface area contributed by atoms with E-state index < -0.39 is 0 Å². The van der Waals surface area contributed by atoms with Crippen molar-refractivity contribution in [2.45, 2.75) is 45.1 Å². The number of ether oxygens (including phenoxy) is 1. The van der Waals surface area contributed by atoms with Gasteiger partial charge in [0, 0.05) is 26.2 Å². The van der Waals surface area contributed by atoms with Gasteiger partial charge in [-0.2, -0.15) is 0 Å². The molecule has 0 amide bonds. The van der Waals surface area contributed by atoms with E-state index >= 15 is 0 Å². The molecule has 0 atom stereocenters. The molecule has 0 aromatic rings. The molecule has 0 unspecified atom stereocenters. The van der Waals surface area contributed by atoms with Crippen LogP contribution in [0.2, 0.25) is 0 Å². The highest BCUT2D eigenvalue weighted by molar-refractivity contribution is 4.91. The summed E-state index contributed by atoms with van der Waals surface area (Å²) in [6.45, 7) is 9.92. The SMILES string of the molecule is CNCC1(CN2CCOC(C)(C)C2)CCCC1. The molecule has 1 aliphatic heterocycles. The molecule has 2 rings (SSSR count). The molecule has 1 saturated carbocycles. The smallest absolute Gasteiger partial charge is 0.0753 e. The first kappa shape index (κ1) is 13.3. The predicted molar refractivity (Wildman–Crippen MR) is 71.3 cm³/mol. The van der Waals surface area contributed by atoms with Crippen LogP contribution in [0.3, 0.4) is 0 Å². The first-order chi connectivity index (χ1) is 8.05. The third kappa shape index (κ3) is 3.43. The molecule has 17 heavy (non-hydrogen) atoms. The van der Waals surface area contributed by atoms with Crippen LogP contribution in [0.4, 0.5) is 0 Å². The van der Waals surface area contributed by atoms with E-state index in [0.29, 0.717) is 5.41 Å². The average Bonchev–Trinajstić information content (AvgIpc) is 2.65. The summed E-state index contributed by atoms with van der Waals surface area (Å²) in [4.78, 5) is 2.62. The highest BCUT2D eigenvalue weighted by Gasteiger charge is 2.37. The molecule has 1 aliphatic carbocycles. The maximum atomic E-state index is 5.80. The summed E-state index contributed by atoms with van der Waals surface area (Å²) < 4.78 is 5.80. The summed E-state index contributed by atoms with van der Waals surface area (Å²) in [6.07, 6.45) is 5.61. The van der Waals surface area contributed by atoms with Crippen molar-refractivity contribution in [3.8, 4) is 0 Å². The third-order valence-corrected chi connectivity index (χ3v) is 4.28. The second kappa shape index (κ2) is 5.25. The Hall–Kier alpha value is -0.120. The normalized spacial score (nSPS) is 28.4. The molecule has 2 fully saturated rings. The summed E-state index contributed by atoms with van der Waals surface area (Å²) in [6, 6.07) is 0. The molecular weight excluding hydrogens is 212 g/mol. The molecule has 100 valence electrons. The predicted octanol–water partition coefficient (Wildman–Crippen LogP) is 1.88. The topological polar surface area (TPSA) is 24.5 Å². The van der Waals surface area contributed by atoms with Crippen molar-refractivity contribution in [3.05, 3.63) is 0 Å². The fourth-order valence-corrected chi connectivity index (χ4v) is 3.61. The van der Waals surface area contributed by atoms with Crippen LogP contribution in [0.15, 0.2) is 0 Å².